The van der Waals surface area contributed by atoms with Gasteiger partial charge in [0.2, 0.25) is 0 Å². The monoisotopic (exact) mass is 434 g/mol. The number of hydrogen-bond donors (Lipinski definition) is 0. The third-order valence-electron chi connectivity index (χ3n) is 4.90. The quantitative estimate of drug-likeness (QED) is 0.292. The van der Waals surface area contributed by atoms with E-state index in [2.05, 4.69) is 0 Å². The number of imidazole rings is 1. The van der Waals surface area contributed by atoms with Crippen molar-refractivity contribution in [2.75, 3.05) is 21.3 Å². The van der Waals surface area contributed by atoms with Crippen molar-refractivity contribution < 1.29 is 19.0 Å². The van der Waals surface area contributed by atoms with E-state index in [0.717, 1.165) is 32.5 Å². The minimum absolute atomic E-state index is 0.136. The van der Waals surface area contributed by atoms with Crippen molar-refractivity contribution in [2.24, 2.45) is 0 Å². The average molecular weight is 435 g/mol. The smallest absolute Gasteiger partial charge is 0.194 e. The normalized spacial score (nSPS) is 11.2. The highest BCUT2D eigenvalue weighted by atomic mass is 32.1. The molecule has 6 nitrogen and oxygen atoms in total. The molecule has 0 fully saturated rings. The van der Waals surface area contributed by atoms with Crippen LogP contribution in [0.15, 0.2) is 54.7 Å². The molecular formula is C24H22N2O4S. The van der Waals surface area contributed by atoms with E-state index in [1.807, 2.05) is 47.9 Å². The van der Waals surface area contributed by atoms with Crippen LogP contribution in [0.5, 0.6) is 17.2 Å². The van der Waals surface area contributed by atoms with Crippen molar-refractivity contribution in [2.45, 2.75) is 6.92 Å². The summed E-state index contributed by atoms with van der Waals surface area (Å²) in [4.78, 5) is 19.7. The topological polar surface area (TPSA) is 62.1 Å². The van der Waals surface area contributed by atoms with Crippen LogP contribution in [0.1, 0.15) is 20.9 Å². The number of carbonyl (C=O) groups is 1. The molecule has 0 saturated heterocycles. The highest BCUT2D eigenvalue weighted by Gasteiger charge is 2.15. The Kier molecular flexibility index (Phi) is 5.77. The molecule has 158 valence electrons. The predicted molar refractivity (Wildman–Crippen MR) is 123 cm³/mol. The van der Waals surface area contributed by atoms with Crippen LogP contribution in [0.3, 0.4) is 0 Å². The first-order valence-electron chi connectivity index (χ1n) is 9.61. The van der Waals surface area contributed by atoms with Crippen molar-refractivity contribution in [3.63, 3.8) is 0 Å². The van der Waals surface area contributed by atoms with Crippen LogP contribution in [-0.4, -0.2) is 36.5 Å². The molecule has 4 rings (SSSR count). The Labute approximate surface area is 184 Å². The molecule has 0 aliphatic carbocycles. The maximum absolute atomic E-state index is 12.9. The van der Waals surface area contributed by atoms with E-state index < -0.39 is 0 Å². The lowest BCUT2D eigenvalue weighted by molar-refractivity contribution is 0.104. The molecule has 2 aromatic heterocycles. The Morgan fingerprint density at radius 3 is 2.42 bits per heavy atom. The maximum Gasteiger partial charge on any atom is 0.194 e. The molecule has 2 aromatic carbocycles. The van der Waals surface area contributed by atoms with Gasteiger partial charge in [0.25, 0.3) is 0 Å². The summed E-state index contributed by atoms with van der Waals surface area (Å²) >= 11 is 1.61. The van der Waals surface area contributed by atoms with Crippen LogP contribution in [0, 0.1) is 6.92 Å². The Hall–Kier alpha value is -3.58. The van der Waals surface area contributed by atoms with Gasteiger partial charge in [0.15, 0.2) is 22.2 Å². The number of aromatic nitrogens is 2. The molecule has 0 bridgehead atoms. The van der Waals surface area contributed by atoms with Gasteiger partial charge in [-0.1, -0.05) is 0 Å². The fourth-order valence-corrected chi connectivity index (χ4v) is 4.17. The third kappa shape index (κ3) is 4.04. The summed E-state index contributed by atoms with van der Waals surface area (Å²) in [7, 11) is 4.75. The van der Waals surface area contributed by atoms with Gasteiger partial charge in [-0.3, -0.25) is 9.20 Å². The number of rotatable bonds is 7. The van der Waals surface area contributed by atoms with Crippen molar-refractivity contribution >= 4 is 28.2 Å². The second-order valence-corrected chi connectivity index (χ2v) is 8.05. The Morgan fingerprint density at radius 1 is 1.00 bits per heavy atom. The molecule has 0 unspecified atom stereocenters. The van der Waals surface area contributed by atoms with Crippen LogP contribution < -0.4 is 14.2 Å². The number of ether oxygens (including phenoxy) is 3. The lowest BCUT2D eigenvalue weighted by atomic mass is 10.1. The number of carbonyl (C=O) groups excluding carboxylic acids is 1. The minimum Gasteiger partial charge on any atom is -0.497 e. The van der Waals surface area contributed by atoms with Crippen molar-refractivity contribution in [1.82, 2.24) is 9.38 Å². The first kappa shape index (κ1) is 20.7. The van der Waals surface area contributed by atoms with Gasteiger partial charge in [-0.2, -0.15) is 0 Å². The lowest BCUT2D eigenvalue weighted by Gasteiger charge is -2.08. The van der Waals surface area contributed by atoms with E-state index in [0.29, 0.717) is 17.1 Å². The average Bonchev–Trinajstić information content (AvgIpc) is 3.32. The molecule has 0 atom stereocenters. The number of thiazole rings is 1. The molecule has 0 amide bonds. The first-order valence-corrected chi connectivity index (χ1v) is 10.4. The summed E-state index contributed by atoms with van der Waals surface area (Å²) in [6, 6.07) is 12.8. The fourth-order valence-electron chi connectivity index (χ4n) is 3.33. The number of benzene rings is 2. The number of ketones is 1. The van der Waals surface area contributed by atoms with Gasteiger partial charge >= 0.3 is 0 Å². The van der Waals surface area contributed by atoms with E-state index in [4.69, 9.17) is 19.2 Å². The second-order valence-electron chi connectivity index (χ2n) is 6.84. The number of fused-ring (bicyclic) bond motifs is 1. The molecule has 2 heterocycles. The van der Waals surface area contributed by atoms with Crippen molar-refractivity contribution in [1.29, 1.82) is 0 Å². The van der Waals surface area contributed by atoms with E-state index in [9.17, 15) is 4.79 Å². The molecule has 0 N–H and O–H groups in total. The number of nitrogens with zero attached hydrogens (tertiary/aromatic N) is 2. The van der Waals surface area contributed by atoms with Crippen molar-refractivity contribution in [3.05, 3.63) is 70.9 Å². The number of methoxy groups -OCH3 is 3. The first-order chi connectivity index (χ1) is 15.0. The van der Waals surface area contributed by atoms with E-state index >= 15 is 0 Å². The molecule has 0 aliphatic heterocycles. The van der Waals surface area contributed by atoms with Gasteiger partial charge in [0, 0.05) is 22.2 Å². The molecule has 0 radical (unpaired) electrons. The van der Waals surface area contributed by atoms with Gasteiger partial charge in [0.1, 0.15) is 5.75 Å². The van der Waals surface area contributed by atoms with E-state index in [-0.39, 0.29) is 5.78 Å². The van der Waals surface area contributed by atoms with Crippen LogP contribution in [0.4, 0.5) is 0 Å². The summed E-state index contributed by atoms with van der Waals surface area (Å²) < 4.78 is 17.8. The summed E-state index contributed by atoms with van der Waals surface area (Å²) in [6.07, 6.45) is 5.40. The Balaban J connectivity index is 1.73. The van der Waals surface area contributed by atoms with Gasteiger partial charge in [-0.15, -0.1) is 11.3 Å². The minimum atomic E-state index is -0.136. The Morgan fingerprint density at radius 2 is 1.74 bits per heavy atom. The third-order valence-corrected chi connectivity index (χ3v) is 5.80. The standard InChI is InChI=1S/C24H22N2O4S/c1-15-14-26-19(10-11-20(27)17-7-12-21(29-3)22(13-17)30-4)23(25-24(26)31-15)16-5-8-18(28-2)9-6-16/h5-14H,1-4H3. The van der Waals surface area contributed by atoms with E-state index in [1.54, 1.807) is 56.9 Å². The molecule has 7 heteroatoms. The highest BCUT2D eigenvalue weighted by molar-refractivity contribution is 7.17. The zero-order valence-corrected chi connectivity index (χ0v) is 18.5. The number of aryl methyl sites for hydroxylation is 1. The molecule has 0 spiro atoms. The number of hydrogen-bond acceptors (Lipinski definition) is 6. The van der Waals surface area contributed by atoms with Gasteiger partial charge in [0.05, 0.1) is 32.7 Å². The fraction of sp³-hybridized carbons (Fsp3) is 0.167. The van der Waals surface area contributed by atoms with E-state index in [1.165, 1.54) is 0 Å². The summed E-state index contributed by atoms with van der Waals surface area (Å²) in [5.74, 6) is 1.74. The SMILES string of the molecule is COc1ccc(-c2nc3sc(C)cn3c2C=CC(=O)c2ccc(OC)c(OC)c2)cc1. The second kappa shape index (κ2) is 8.65. The summed E-state index contributed by atoms with van der Waals surface area (Å²) in [6.45, 7) is 2.04. The summed E-state index contributed by atoms with van der Waals surface area (Å²) in [5.41, 5.74) is 3.12. The van der Waals surface area contributed by atoms with Crippen LogP contribution in [0.25, 0.3) is 22.3 Å². The largest absolute Gasteiger partial charge is 0.497 e. The molecule has 0 aliphatic rings. The zero-order chi connectivity index (χ0) is 22.0. The zero-order valence-electron chi connectivity index (χ0n) is 17.7. The van der Waals surface area contributed by atoms with Gasteiger partial charge < -0.3 is 14.2 Å². The maximum atomic E-state index is 12.9. The van der Waals surface area contributed by atoms with Crippen LogP contribution in [-0.2, 0) is 0 Å². The highest BCUT2D eigenvalue weighted by Crippen LogP contribution is 2.31. The van der Waals surface area contributed by atoms with Gasteiger partial charge in [-0.05, 0) is 61.5 Å². The van der Waals surface area contributed by atoms with Crippen LogP contribution in [0.2, 0.25) is 0 Å². The molecule has 0 saturated carbocycles. The van der Waals surface area contributed by atoms with Crippen LogP contribution >= 0.6 is 11.3 Å². The van der Waals surface area contributed by atoms with Gasteiger partial charge in [-0.25, -0.2) is 4.98 Å². The van der Waals surface area contributed by atoms with Crippen molar-refractivity contribution in [3.8, 4) is 28.5 Å². The predicted octanol–water partition coefficient (Wildman–Crippen LogP) is 5.29. The number of allylic oxidation sites excluding steroid dienone is 1. The molecule has 4 aromatic rings. The summed E-state index contributed by atoms with van der Waals surface area (Å²) in [5, 5.41) is 0. The Bertz CT molecular complexity index is 1270. The molecular weight excluding hydrogens is 412 g/mol. The molecule has 31 heavy (non-hydrogen) atoms. The lowest BCUT2D eigenvalue weighted by Crippen LogP contribution is -1.98.